The summed E-state index contributed by atoms with van der Waals surface area (Å²) < 4.78 is 0. The van der Waals surface area contributed by atoms with Gasteiger partial charge in [-0.05, 0) is 0 Å². The first-order chi connectivity index (χ1) is 2.77. The second-order valence-corrected chi connectivity index (χ2v) is 2.19. The molecule has 0 spiro atoms. The average molecular weight is 77.7 g/mol. The van der Waals surface area contributed by atoms with Gasteiger partial charge in [-0.15, -0.1) is 0 Å². The zero-order valence-electron chi connectivity index (χ0n) is 4.36. The topological polar surface area (TPSA) is 0 Å². The predicted molar refractivity (Wildman–Crippen MR) is 30.2 cm³/mol. The van der Waals surface area contributed by atoms with E-state index in [1.54, 1.807) is 0 Å². The first-order valence-corrected chi connectivity index (χ1v) is 2.47. The third kappa shape index (κ3) is 0.612. The van der Waals surface area contributed by atoms with Crippen LogP contribution in [0.5, 0.6) is 0 Å². The summed E-state index contributed by atoms with van der Waals surface area (Å²) in [6, 6.07) is 0. The van der Waals surface area contributed by atoms with E-state index in [2.05, 4.69) is 27.5 Å². The van der Waals surface area contributed by atoms with Gasteiger partial charge in [0.1, 0.15) is 0 Å². The summed E-state index contributed by atoms with van der Waals surface area (Å²) in [6.45, 7) is 8.94. The molecule has 0 saturated heterocycles. The van der Waals surface area contributed by atoms with Crippen LogP contribution in [0.15, 0.2) is 0 Å². The van der Waals surface area contributed by atoms with Crippen molar-refractivity contribution in [2.75, 3.05) is 0 Å². The molecule has 0 aromatic heterocycles. The monoisotopic (exact) mass is 78.1 g/mol. The van der Waals surface area contributed by atoms with E-state index in [1.165, 1.54) is 6.42 Å². The summed E-state index contributed by atoms with van der Waals surface area (Å²) in [6.07, 6.45) is 1.27. The molecule has 0 saturated carbocycles. The molecule has 0 radical (unpaired) electrons. The van der Waals surface area contributed by atoms with E-state index in [1.807, 2.05) is 0 Å². The average Bonchev–Trinajstić information content (AvgIpc) is 2.22. The van der Waals surface area contributed by atoms with Gasteiger partial charge in [0.25, 0.3) is 0 Å². The van der Waals surface area contributed by atoms with E-state index >= 15 is 0 Å². The van der Waals surface area contributed by atoms with Crippen molar-refractivity contribution >= 4 is 13.6 Å². The molecule has 0 aromatic carbocycles. The van der Waals surface area contributed by atoms with E-state index in [9.17, 15) is 0 Å². The van der Waals surface area contributed by atoms with Crippen LogP contribution in [-0.4, -0.2) is 13.6 Å². The van der Waals surface area contributed by atoms with E-state index in [-0.39, 0.29) is 0 Å². The molecule has 0 fully saturated rings. The van der Waals surface area contributed by atoms with Crippen molar-refractivity contribution in [1.29, 1.82) is 0 Å². The van der Waals surface area contributed by atoms with Gasteiger partial charge in [-0.1, -0.05) is 0 Å². The van der Waals surface area contributed by atoms with Crippen molar-refractivity contribution in [3.8, 4) is 0 Å². The molecule has 0 nitrogen and oxygen atoms in total. The van der Waals surface area contributed by atoms with Crippen molar-refractivity contribution < 1.29 is 0 Å². The number of rotatable bonds is 1. The summed E-state index contributed by atoms with van der Waals surface area (Å²) in [5, 5.41) is 0.542. The van der Waals surface area contributed by atoms with Gasteiger partial charge in [-0.2, -0.15) is 0 Å². The van der Waals surface area contributed by atoms with Gasteiger partial charge in [0, 0.05) is 0 Å². The van der Waals surface area contributed by atoms with Gasteiger partial charge in [0.2, 0.25) is 0 Å². The van der Waals surface area contributed by atoms with Gasteiger partial charge in [-0.25, -0.2) is 0 Å². The Morgan fingerprint density at radius 1 is 1.50 bits per heavy atom. The van der Waals surface area contributed by atoms with Crippen LogP contribution in [0.25, 0.3) is 0 Å². The molecular weight excluding hydrogens is 69.7 g/mol. The summed E-state index contributed by atoms with van der Waals surface area (Å²) in [5.74, 6) is 0. The molecule has 0 atom stereocenters. The Bertz CT molecular complexity index is 79.5. The Morgan fingerprint density at radius 2 is 2.00 bits per heavy atom. The van der Waals surface area contributed by atoms with Gasteiger partial charge in [0.05, 0.1) is 0 Å². The predicted octanol–water partition coefficient (Wildman–Crippen LogP) is 0.869. The third-order valence-electron chi connectivity index (χ3n) is 1.50. The Morgan fingerprint density at radius 3 is 2.00 bits per heavy atom. The minimum absolute atomic E-state index is 0.542. The molecule has 6 heavy (non-hydrogen) atoms. The second-order valence-electron chi connectivity index (χ2n) is 2.19. The fourth-order valence-corrected chi connectivity index (χ4v) is 0.378. The van der Waals surface area contributed by atoms with E-state index in [0.29, 0.717) is 5.21 Å². The Kier molecular flexibility index (Phi) is 0.751. The fraction of sp³-hybridized carbons (Fsp3) is 1.00. The van der Waals surface area contributed by atoms with Crippen molar-refractivity contribution in [1.82, 2.24) is 0 Å². The van der Waals surface area contributed by atoms with Crippen LogP contribution in [0, 0.1) is 0 Å². The molecule has 0 aliphatic carbocycles. The van der Waals surface area contributed by atoms with Crippen LogP contribution in [0.4, 0.5) is 0 Å². The molecule has 1 rings (SSSR count). The second kappa shape index (κ2) is 1.05. The molecule has 0 amide bonds. The Hall–Kier alpha value is 0.130. The number of hydrogen-bond donors (Lipinski definition) is 0. The van der Waals surface area contributed by atoms with Crippen molar-refractivity contribution in [2.45, 2.75) is 25.5 Å². The molecular formula is C4H8B2. The molecule has 1 heterocycles. The van der Waals surface area contributed by atoms with E-state index in [0.717, 1.165) is 0 Å². The minimum atomic E-state index is 0.542. The van der Waals surface area contributed by atoms with Gasteiger partial charge in [0.15, 0.2) is 0 Å². The molecule has 0 bridgehead atoms. The molecule has 0 unspecified atom stereocenters. The molecule has 30 valence electrons. The maximum absolute atomic E-state index is 2.24. The first-order valence-electron chi connectivity index (χ1n) is 2.47. The SMILES string of the molecule is CCC1(C)B=B1. The van der Waals surface area contributed by atoms with Crippen LogP contribution in [-0.2, 0) is 0 Å². The van der Waals surface area contributed by atoms with E-state index in [4.69, 9.17) is 0 Å². The zero-order chi connectivity index (χ0) is 4.62. The molecule has 2 heteroatoms. The van der Waals surface area contributed by atoms with Crippen LogP contribution < -0.4 is 0 Å². The normalized spacial score (nSPS) is 21.7. The standard InChI is InChI=1S/C4H8B2/c1-3-4(2)5-6-4/h3H2,1-2H3. The summed E-state index contributed by atoms with van der Waals surface area (Å²) in [5.41, 5.74) is 0. The number of hydrogen-bond acceptors (Lipinski definition) is 0. The molecule has 1 aliphatic heterocycles. The fourth-order valence-electron chi connectivity index (χ4n) is 0.378. The van der Waals surface area contributed by atoms with Gasteiger partial charge in [-0.3, -0.25) is 0 Å². The van der Waals surface area contributed by atoms with Crippen LogP contribution in [0.1, 0.15) is 20.3 Å². The maximum atomic E-state index is 2.24. The summed E-state index contributed by atoms with van der Waals surface area (Å²) in [4.78, 5) is 0. The third-order valence-corrected chi connectivity index (χ3v) is 1.50. The summed E-state index contributed by atoms with van der Waals surface area (Å²) >= 11 is 0. The first kappa shape index (κ1) is 4.29. The van der Waals surface area contributed by atoms with Gasteiger partial charge >= 0.3 is 39.1 Å². The molecule has 0 N–H and O–H groups in total. The van der Waals surface area contributed by atoms with Crippen LogP contribution in [0.2, 0.25) is 5.21 Å². The van der Waals surface area contributed by atoms with Crippen molar-refractivity contribution in [2.24, 2.45) is 0 Å². The zero-order valence-corrected chi connectivity index (χ0v) is 4.36. The van der Waals surface area contributed by atoms with Crippen LogP contribution in [0.3, 0.4) is 0 Å². The van der Waals surface area contributed by atoms with Crippen molar-refractivity contribution in [3.05, 3.63) is 0 Å². The van der Waals surface area contributed by atoms with Crippen LogP contribution >= 0.6 is 0 Å². The summed E-state index contributed by atoms with van der Waals surface area (Å²) in [7, 11) is 0. The quantitative estimate of drug-likeness (QED) is 0.408. The van der Waals surface area contributed by atoms with E-state index < -0.39 is 0 Å². The molecule has 1 aliphatic rings. The Balaban J connectivity index is 2.32. The van der Waals surface area contributed by atoms with Crippen molar-refractivity contribution in [3.63, 3.8) is 0 Å². The van der Waals surface area contributed by atoms with Gasteiger partial charge < -0.3 is 0 Å². The Labute approximate surface area is 40.0 Å². The molecule has 0 aromatic rings.